The molecular formula is C15H21BrN2O3. The van der Waals surface area contributed by atoms with Crippen LogP contribution in [0.4, 0.5) is 0 Å². The molecule has 1 aliphatic heterocycles. The lowest BCUT2D eigenvalue weighted by Gasteiger charge is -2.25. The Bertz CT molecular complexity index is 447. The second-order valence-corrected chi connectivity index (χ2v) is 5.93. The largest absolute Gasteiger partial charge is 0.492 e. The molecule has 21 heavy (non-hydrogen) atoms. The number of hydrogen-bond donors (Lipinski definition) is 1. The van der Waals surface area contributed by atoms with Crippen LogP contribution in [0.3, 0.4) is 0 Å². The van der Waals surface area contributed by atoms with Gasteiger partial charge in [-0.2, -0.15) is 0 Å². The van der Waals surface area contributed by atoms with Gasteiger partial charge >= 0.3 is 0 Å². The van der Waals surface area contributed by atoms with Crippen LogP contribution < -0.4 is 10.1 Å². The first-order chi connectivity index (χ1) is 10.1. The molecule has 0 spiro atoms. The maximum atomic E-state index is 12.1. The van der Waals surface area contributed by atoms with Gasteiger partial charge in [0.25, 0.3) is 0 Å². The van der Waals surface area contributed by atoms with Crippen molar-refractivity contribution in [2.75, 3.05) is 39.9 Å². The summed E-state index contributed by atoms with van der Waals surface area (Å²) >= 11 is 3.38. The molecule has 1 fully saturated rings. The van der Waals surface area contributed by atoms with Gasteiger partial charge < -0.3 is 19.7 Å². The van der Waals surface area contributed by atoms with Crippen molar-refractivity contribution in [3.8, 4) is 5.75 Å². The van der Waals surface area contributed by atoms with Crippen molar-refractivity contribution < 1.29 is 14.3 Å². The van der Waals surface area contributed by atoms with E-state index in [9.17, 15) is 4.79 Å². The monoisotopic (exact) mass is 356 g/mol. The minimum absolute atomic E-state index is 0.0129. The number of amides is 1. The maximum absolute atomic E-state index is 12.1. The van der Waals surface area contributed by atoms with Crippen LogP contribution in [0, 0.1) is 0 Å². The molecule has 1 N–H and O–H groups in total. The van der Waals surface area contributed by atoms with Crippen LogP contribution in [0.1, 0.15) is 6.42 Å². The van der Waals surface area contributed by atoms with Gasteiger partial charge in [-0.3, -0.25) is 4.79 Å². The van der Waals surface area contributed by atoms with Gasteiger partial charge in [0.05, 0.1) is 25.7 Å². The SMILES string of the molecule is CN(CCOc1ccc(Br)cc1)C(=O)CC1CNCCO1. The lowest BCUT2D eigenvalue weighted by atomic mass is 10.2. The topological polar surface area (TPSA) is 50.8 Å². The Labute approximate surface area is 133 Å². The number of nitrogens with zero attached hydrogens (tertiary/aromatic N) is 1. The van der Waals surface area contributed by atoms with E-state index in [0.29, 0.717) is 26.2 Å². The number of benzene rings is 1. The summed E-state index contributed by atoms with van der Waals surface area (Å²) < 4.78 is 12.2. The van der Waals surface area contributed by atoms with Gasteiger partial charge in [0, 0.05) is 24.6 Å². The molecule has 1 heterocycles. The van der Waals surface area contributed by atoms with E-state index in [2.05, 4.69) is 21.2 Å². The number of carbonyl (C=O) groups excluding carboxylic acids is 1. The first kappa shape index (κ1) is 16.3. The van der Waals surface area contributed by atoms with Crippen molar-refractivity contribution in [3.63, 3.8) is 0 Å². The normalized spacial score (nSPS) is 18.3. The van der Waals surface area contributed by atoms with Crippen molar-refractivity contribution >= 4 is 21.8 Å². The van der Waals surface area contributed by atoms with E-state index in [1.807, 2.05) is 24.3 Å². The Hall–Kier alpha value is -1.11. The third-order valence-corrected chi connectivity index (χ3v) is 3.87. The molecule has 0 bridgehead atoms. The van der Waals surface area contributed by atoms with Gasteiger partial charge in [0.15, 0.2) is 0 Å². The van der Waals surface area contributed by atoms with E-state index in [4.69, 9.17) is 9.47 Å². The van der Waals surface area contributed by atoms with Gasteiger partial charge in [-0.05, 0) is 24.3 Å². The smallest absolute Gasteiger partial charge is 0.225 e. The molecule has 0 aromatic heterocycles. The number of ether oxygens (including phenoxy) is 2. The van der Waals surface area contributed by atoms with Crippen LogP contribution in [-0.4, -0.2) is 56.8 Å². The molecule has 0 aliphatic carbocycles. The highest BCUT2D eigenvalue weighted by Gasteiger charge is 2.19. The Morgan fingerprint density at radius 3 is 2.90 bits per heavy atom. The summed E-state index contributed by atoms with van der Waals surface area (Å²) in [5.74, 6) is 0.891. The van der Waals surface area contributed by atoms with Crippen LogP contribution in [0.2, 0.25) is 0 Å². The molecule has 0 radical (unpaired) electrons. The number of morpholine rings is 1. The van der Waals surface area contributed by atoms with Gasteiger partial charge in [-0.15, -0.1) is 0 Å². The first-order valence-corrected chi connectivity index (χ1v) is 7.89. The number of nitrogens with one attached hydrogen (secondary N) is 1. The summed E-state index contributed by atoms with van der Waals surface area (Å²) in [7, 11) is 1.80. The van der Waals surface area contributed by atoms with Crippen LogP contribution in [0.15, 0.2) is 28.7 Å². The zero-order valence-corrected chi connectivity index (χ0v) is 13.8. The molecule has 5 nitrogen and oxygen atoms in total. The summed E-state index contributed by atoms with van der Waals surface area (Å²) in [6.45, 7) is 3.33. The average Bonchev–Trinajstić information content (AvgIpc) is 2.50. The molecule has 1 atom stereocenters. The minimum atomic E-state index is -0.0129. The van der Waals surface area contributed by atoms with E-state index in [0.717, 1.165) is 23.3 Å². The third kappa shape index (κ3) is 5.65. The van der Waals surface area contributed by atoms with Gasteiger partial charge in [-0.1, -0.05) is 15.9 Å². The van der Waals surface area contributed by atoms with Crippen LogP contribution in [-0.2, 0) is 9.53 Å². The van der Waals surface area contributed by atoms with Gasteiger partial charge in [0.1, 0.15) is 12.4 Å². The van der Waals surface area contributed by atoms with E-state index in [1.54, 1.807) is 11.9 Å². The molecule has 1 amide bonds. The number of hydrogen-bond acceptors (Lipinski definition) is 4. The molecule has 1 aromatic rings. The molecule has 1 aromatic carbocycles. The highest BCUT2D eigenvalue weighted by atomic mass is 79.9. The summed E-state index contributed by atoms with van der Waals surface area (Å²) in [5.41, 5.74) is 0. The van der Waals surface area contributed by atoms with Crippen LogP contribution in [0.25, 0.3) is 0 Å². The average molecular weight is 357 g/mol. The van der Waals surface area contributed by atoms with Crippen molar-refractivity contribution in [2.24, 2.45) is 0 Å². The standard InChI is InChI=1S/C15H21BrN2O3/c1-18(15(19)10-14-11-17-6-8-20-14)7-9-21-13-4-2-12(16)3-5-13/h2-5,14,17H,6-11H2,1H3. The molecule has 0 saturated carbocycles. The third-order valence-electron chi connectivity index (χ3n) is 3.34. The lowest BCUT2D eigenvalue weighted by Crippen LogP contribution is -2.42. The predicted molar refractivity (Wildman–Crippen MR) is 84.5 cm³/mol. The predicted octanol–water partition coefficient (Wildman–Crippen LogP) is 1.66. The number of carbonyl (C=O) groups is 1. The van der Waals surface area contributed by atoms with Crippen molar-refractivity contribution in [1.82, 2.24) is 10.2 Å². The molecule has 1 aliphatic rings. The second kappa shape index (κ2) is 8.36. The Kier molecular flexibility index (Phi) is 6.48. The van der Waals surface area contributed by atoms with Crippen molar-refractivity contribution in [3.05, 3.63) is 28.7 Å². The fraction of sp³-hybridized carbons (Fsp3) is 0.533. The summed E-state index contributed by atoms with van der Waals surface area (Å²) in [6.07, 6.45) is 0.406. The molecule has 2 rings (SSSR count). The zero-order valence-electron chi connectivity index (χ0n) is 12.2. The first-order valence-electron chi connectivity index (χ1n) is 7.10. The number of likely N-dealkylation sites (N-methyl/N-ethyl adjacent to an activating group) is 1. The fourth-order valence-corrected chi connectivity index (χ4v) is 2.32. The Morgan fingerprint density at radius 1 is 1.48 bits per heavy atom. The zero-order chi connectivity index (χ0) is 15.1. The van der Waals surface area contributed by atoms with Crippen LogP contribution in [0.5, 0.6) is 5.75 Å². The van der Waals surface area contributed by atoms with Crippen molar-refractivity contribution in [2.45, 2.75) is 12.5 Å². The highest BCUT2D eigenvalue weighted by Crippen LogP contribution is 2.16. The van der Waals surface area contributed by atoms with Gasteiger partial charge in [0.2, 0.25) is 5.91 Å². The fourth-order valence-electron chi connectivity index (χ4n) is 2.06. The maximum Gasteiger partial charge on any atom is 0.225 e. The second-order valence-electron chi connectivity index (χ2n) is 5.02. The summed E-state index contributed by atoms with van der Waals surface area (Å²) in [4.78, 5) is 13.7. The quantitative estimate of drug-likeness (QED) is 0.842. The molecule has 116 valence electrons. The highest BCUT2D eigenvalue weighted by molar-refractivity contribution is 9.10. The molecular weight excluding hydrogens is 336 g/mol. The van der Waals surface area contributed by atoms with E-state index < -0.39 is 0 Å². The van der Waals surface area contributed by atoms with Crippen molar-refractivity contribution in [1.29, 1.82) is 0 Å². The molecule has 1 unspecified atom stereocenters. The summed E-state index contributed by atoms with van der Waals surface area (Å²) in [6, 6.07) is 7.65. The Balaban J connectivity index is 1.67. The Morgan fingerprint density at radius 2 is 2.24 bits per heavy atom. The van der Waals surface area contributed by atoms with Crippen LogP contribution >= 0.6 is 15.9 Å². The van der Waals surface area contributed by atoms with E-state index in [-0.39, 0.29) is 12.0 Å². The molecule has 1 saturated heterocycles. The lowest BCUT2D eigenvalue weighted by molar-refractivity contribution is -0.133. The number of rotatable bonds is 6. The summed E-state index contributed by atoms with van der Waals surface area (Å²) in [5, 5.41) is 3.22. The minimum Gasteiger partial charge on any atom is -0.492 e. The van der Waals surface area contributed by atoms with Gasteiger partial charge in [-0.25, -0.2) is 0 Å². The molecule has 6 heteroatoms. The van der Waals surface area contributed by atoms with E-state index >= 15 is 0 Å². The number of halogens is 1. The van der Waals surface area contributed by atoms with E-state index in [1.165, 1.54) is 0 Å².